The number of hydrogen-bond acceptors (Lipinski definition) is 0. The summed E-state index contributed by atoms with van der Waals surface area (Å²) in [7, 11) is 0. The minimum Gasteiger partial charge on any atom is -0.325 e. The summed E-state index contributed by atoms with van der Waals surface area (Å²) in [6, 6.07) is 0. The average molecular weight is 235 g/mol. The van der Waals surface area contributed by atoms with Gasteiger partial charge in [0.1, 0.15) is 0 Å². The Morgan fingerprint density at radius 1 is 1.29 bits per heavy atom. The number of unbranched alkanes of at least 4 members (excludes halogenated alkanes) is 2. The molecule has 0 aliphatic heterocycles. The van der Waals surface area contributed by atoms with E-state index in [1.54, 1.807) is 5.57 Å². The second kappa shape index (κ2) is 8.78. The van der Waals surface area contributed by atoms with E-state index in [0.29, 0.717) is 0 Å². The monoisotopic (exact) mass is 235 g/mol. The van der Waals surface area contributed by atoms with Crippen molar-refractivity contribution in [3.05, 3.63) is 18.1 Å². The van der Waals surface area contributed by atoms with Crippen LogP contribution >= 0.6 is 0 Å². The molecule has 0 radical (unpaired) electrons. The summed E-state index contributed by atoms with van der Waals surface area (Å²) in [5.74, 6) is 1.88. The zero-order valence-electron chi connectivity index (χ0n) is 12.2. The van der Waals surface area contributed by atoms with E-state index in [-0.39, 0.29) is 0 Å². The van der Waals surface area contributed by atoms with Gasteiger partial charge in [0.15, 0.2) is 0 Å². The van der Waals surface area contributed by atoms with E-state index >= 15 is 0 Å². The summed E-state index contributed by atoms with van der Waals surface area (Å²) >= 11 is 0. The molecule has 0 nitrogen and oxygen atoms in total. The SMILES string of the molecule is CCCC(C)CC[CH-]CC=C1CCC(C)CC1. The van der Waals surface area contributed by atoms with Crippen LogP contribution in [0.1, 0.15) is 78.6 Å². The largest absolute Gasteiger partial charge is 0.325 e. The average Bonchev–Trinajstić information content (AvgIpc) is 2.31. The fourth-order valence-electron chi connectivity index (χ4n) is 2.74. The van der Waals surface area contributed by atoms with Crippen LogP contribution in [0, 0.1) is 18.3 Å². The Balaban J connectivity index is 2.01. The highest BCUT2D eigenvalue weighted by molar-refractivity contribution is 5.06. The van der Waals surface area contributed by atoms with Gasteiger partial charge in [0, 0.05) is 0 Å². The molecule has 0 bridgehead atoms. The van der Waals surface area contributed by atoms with E-state index < -0.39 is 0 Å². The molecule has 1 unspecified atom stereocenters. The molecule has 0 aromatic rings. The summed E-state index contributed by atoms with van der Waals surface area (Å²) in [6.45, 7) is 7.06. The highest BCUT2D eigenvalue weighted by Crippen LogP contribution is 2.28. The topological polar surface area (TPSA) is 0 Å². The number of rotatable bonds is 7. The molecule has 0 heteroatoms. The smallest absolute Gasteiger partial charge is 0.0319 e. The van der Waals surface area contributed by atoms with E-state index in [9.17, 15) is 0 Å². The van der Waals surface area contributed by atoms with Crippen LogP contribution < -0.4 is 0 Å². The highest BCUT2D eigenvalue weighted by atomic mass is 14.2. The molecule has 17 heavy (non-hydrogen) atoms. The maximum Gasteiger partial charge on any atom is -0.0319 e. The molecule has 0 spiro atoms. The molecule has 0 aromatic carbocycles. The van der Waals surface area contributed by atoms with Crippen LogP contribution in [0.5, 0.6) is 0 Å². The molecule has 0 amide bonds. The third-order valence-electron chi connectivity index (χ3n) is 4.13. The molecule has 1 saturated carbocycles. The van der Waals surface area contributed by atoms with Crippen molar-refractivity contribution < 1.29 is 0 Å². The normalized spacial score (nSPS) is 22.5. The van der Waals surface area contributed by atoms with Gasteiger partial charge in [0.2, 0.25) is 0 Å². The van der Waals surface area contributed by atoms with Crippen molar-refractivity contribution in [1.29, 1.82) is 0 Å². The molecule has 0 aromatic heterocycles. The Labute approximate surface area is 109 Å². The number of hydrogen-bond donors (Lipinski definition) is 0. The van der Waals surface area contributed by atoms with Gasteiger partial charge in [0.25, 0.3) is 0 Å². The minimum atomic E-state index is 0.916. The predicted molar refractivity (Wildman–Crippen MR) is 77.9 cm³/mol. The molecule has 1 aliphatic rings. The van der Waals surface area contributed by atoms with Crippen LogP contribution in [-0.4, -0.2) is 0 Å². The van der Waals surface area contributed by atoms with Gasteiger partial charge in [-0.2, -0.15) is 12.8 Å². The number of allylic oxidation sites excluding steroid dienone is 2. The molecule has 1 rings (SSSR count). The lowest BCUT2D eigenvalue weighted by atomic mass is 9.86. The Morgan fingerprint density at radius 2 is 2.00 bits per heavy atom. The zero-order valence-corrected chi connectivity index (χ0v) is 12.2. The summed E-state index contributed by atoms with van der Waals surface area (Å²) in [5.41, 5.74) is 1.72. The molecule has 0 saturated heterocycles. The van der Waals surface area contributed by atoms with Crippen molar-refractivity contribution in [2.75, 3.05) is 0 Å². The first-order valence-corrected chi connectivity index (χ1v) is 7.72. The molecule has 0 N–H and O–H groups in total. The van der Waals surface area contributed by atoms with Gasteiger partial charge in [-0.05, 0) is 37.5 Å². The lowest BCUT2D eigenvalue weighted by Gasteiger charge is -2.21. The van der Waals surface area contributed by atoms with Gasteiger partial charge in [-0.25, -0.2) is 0 Å². The van der Waals surface area contributed by atoms with Crippen LogP contribution in [0.2, 0.25) is 0 Å². The third kappa shape index (κ3) is 6.91. The van der Waals surface area contributed by atoms with Crippen molar-refractivity contribution in [1.82, 2.24) is 0 Å². The van der Waals surface area contributed by atoms with Crippen molar-refractivity contribution in [2.24, 2.45) is 11.8 Å². The first-order valence-electron chi connectivity index (χ1n) is 7.72. The van der Waals surface area contributed by atoms with Crippen LogP contribution in [0.15, 0.2) is 11.6 Å². The van der Waals surface area contributed by atoms with Gasteiger partial charge in [-0.3, -0.25) is 0 Å². The van der Waals surface area contributed by atoms with Crippen LogP contribution in [0.3, 0.4) is 0 Å². The van der Waals surface area contributed by atoms with Crippen LogP contribution in [0.25, 0.3) is 0 Å². The van der Waals surface area contributed by atoms with Gasteiger partial charge in [0.05, 0.1) is 0 Å². The van der Waals surface area contributed by atoms with Gasteiger partial charge < -0.3 is 6.42 Å². The Morgan fingerprint density at radius 3 is 2.65 bits per heavy atom. The molecular formula is C17H31-. The lowest BCUT2D eigenvalue weighted by molar-refractivity contribution is 0.443. The second-order valence-corrected chi connectivity index (χ2v) is 6.04. The standard InChI is InChI=1S/C17H31/c1-4-8-15(2)9-6-5-7-10-17-13-11-16(3)12-14-17/h5,10,15-16H,4,6-9,11-14H2,1-3H3/q-1. The van der Waals surface area contributed by atoms with E-state index in [4.69, 9.17) is 0 Å². The Bertz CT molecular complexity index is 204. The quantitative estimate of drug-likeness (QED) is 0.291. The third-order valence-corrected chi connectivity index (χ3v) is 4.13. The Hall–Kier alpha value is -0.260. The van der Waals surface area contributed by atoms with Gasteiger partial charge in [-0.15, -0.1) is 6.08 Å². The molecular weight excluding hydrogens is 204 g/mol. The minimum absolute atomic E-state index is 0.916. The molecule has 100 valence electrons. The fourth-order valence-corrected chi connectivity index (χ4v) is 2.74. The van der Waals surface area contributed by atoms with E-state index in [2.05, 4.69) is 33.3 Å². The summed E-state index contributed by atoms with van der Waals surface area (Å²) in [4.78, 5) is 0. The summed E-state index contributed by atoms with van der Waals surface area (Å²) in [5, 5.41) is 0. The summed E-state index contributed by atoms with van der Waals surface area (Å²) < 4.78 is 0. The molecule has 1 fully saturated rings. The van der Waals surface area contributed by atoms with E-state index in [0.717, 1.165) is 11.8 Å². The van der Waals surface area contributed by atoms with E-state index in [1.807, 2.05) is 0 Å². The highest BCUT2D eigenvalue weighted by Gasteiger charge is 2.10. The summed E-state index contributed by atoms with van der Waals surface area (Å²) in [6.07, 6.45) is 17.2. The molecule has 1 aliphatic carbocycles. The van der Waals surface area contributed by atoms with E-state index in [1.165, 1.54) is 57.8 Å². The maximum atomic E-state index is 2.50. The molecule has 0 heterocycles. The zero-order chi connectivity index (χ0) is 12.5. The predicted octanol–water partition coefficient (Wildman–Crippen LogP) is 5.93. The molecule has 1 atom stereocenters. The first-order chi connectivity index (χ1) is 8.22. The first kappa shape index (κ1) is 14.8. The van der Waals surface area contributed by atoms with Crippen LogP contribution in [-0.2, 0) is 0 Å². The second-order valence-electron chi connectivity index (χ2n) is 6.04. The van der Waals surface area contributed by atoms with Crippen molar-refractivity contribution in [3.8, 4) is 0 Å². The van der Waals surface area contributed by atoms with Gasteiger partial charge in [-0.1, -0.05) is 45.6 Å². The van der Waals surface area contributed by atoms with Crippen molar-refractivity contribution >= 4 is 0 Å². The fraction of sp³-hybridized carbons (Fsp3) is 0.824. The van der Waals surface area contributed by atoms with Crippen molar-refractivity contribution in [2.45, 2.75) is 78.6 Å². The maximum absolute atomic E-state index is 2.50. The van der Waals surface area contributed by atoms with Crippen LogP contribution in [0.4, 0.5) is 0 Å². The van der Waals surface area contributed by atoms with Crippen molar-refractivity contribution in [3.63, 3.8) is 0 Å². The Kier molecular flexibility index (Phi) is 7.64. The lowest BCUT2D eigenvalue weighted by Crippen LogP contribution is -2.03. The van der Waals surface area contributed by atoms with Gasteiger partial charge >= 0.3 is 0 Å².